The van der Waals surface area contributed by atoms with Crippen LogP contribution in [0.2, 0.25) is 5.02 Å². The molecular weight excluding hydrogens is 238 g/mol. The maximum Gasteiger partial charge on any atom is 0.119 e. The predicted octanol–water partition coefficient (Wildman–Crippen LogP) is 2.18. The van der Waals surface area contributed by atoms with Crippen molar-refractivity contribution in [1.82, 2.24) is 4.90 Å². The third-order valence-corrected chi connectivity index (χ3v) is 3.22. The molecule has 4 heteroatoms. The minimum Gasteiger partial charge on any atom is -0.492 e. The number of aliphatic hydroxyl groups excluding tert-OH is 1. The number of rotatable bonds is 4. The zero-order valence-corrected chi connectivity index (χ0v) is 10.6. The highest BCUT2D eigenvalue weighted by Crippen LogP contribution is 2.15. The second-order valence-electron chi connectivity index (χ2n) is 4.40. The van der Waals surface area contributed by atoms with Crippen molar-refractivity contribution in [3.05, 3.63) is 29.3 Å². The first-order valence-electron chi connectivity index (χ1n) is 6.03. The molecule has 1 heterocycles. The van der Waals surface area contributed by atoms with Crippen LogP contribution in [0.5, 0.6) is 5.75 Å². The van der Waals surface area contributed by atoms with Crippen LogP contribution in [-0.2, 0) is 0 Å². The monoisotopic (exact) mass is 255 g/mol. The molecule has 94 valence electrons. The lowest BCUT2D eigenvalue weighted by Crippen LogP contribution is -2.40. The van der Waals surface area contributed by atoms with Crippen LogP contribution < -0.4 is 4.74 Å². The second kappa shape index (κ2) is 6.24. The Bertz CT molecular complexity index is 342. The molecule has 1 fully saturated rings. The number of halogens is 1. The van der Waals surface area contributed by atoms with Gasteiger partial charge in [-0.2, -0.15) is 0 Å². The molecule has 0 bridgehead atoms. The minimum atomic E-state index is -0.167. The first kappa shape index (κ1) is 12.7. The molecule has 1 aromatic rings. The van der Waals surface area contributed by atoms with Crippen LogP contribution in [0, 0.1) is 0 Å². The van der Waals surface area contributed by atoms with E-state index in [9.17, 15) is 5.11 Å². The fourth-order valence-corrected chi connectivity index (χ4v) is 2.18. The third kappa shape index (κ3) is 4.19. The summed E-state index contributed by atoms with van der Waals surface area (Å²) < 4.78 is 5.62. The van der Waals surface area contributed by atoms with Crippen molar-refractivity contribution in [3.63, 3.8) is 0 Å². The Hall–Kier alpha value is -0.770. The van der Waals surface area contributed by atoms with Crippen molar-refractivity contribution in [2.24, 2.45) is 0 Å². The van der Waals surface area contributed by atoms with E-state index in [1.807, 2.05) is 24.3 Å². The molecule has 0 amide bonds. The van der Waals surface area contributed by atoms with Gasteiger partial charge in [0.25, 0.3) is 0 Å². The summed E-state index contributed by atoms with van der Waals surface area (Å²) >= 11 is 5.79. The van der Waals surface area contributed by atoms with Gasteiger partial charge >= 0.3 is 0 Å². The maximum atomic E-state index is 9.53. The number of likely N-dealkylation sites (tertiary alicyclic amines) is 1. The van der Waals surface area contributed by atoms with Gasteiger partial charge in [0.2, 0.25) is 0 Å². The van der Waals surface area contributed by atoms with E-state index in [-0.39, 0.29) is 6.10 Å². The third-order valence-electron chi connectivity index (χ3n) is 2.97. The second-order valence-corrected chi connectivity index (χ2v) is 4.84. The lowest BCUT2D eigenvalue weighted by Gasteiger charge is -2.29. The fraction of sp³-hybridized carbons (Fsp3) is 0.538. The molecule has 1 N–H and O–H groups in total. The SMILES string of the molecule is OC1CCCN(CCOc2ccc(Cl)cc2)C1. The van der Waals surface area contributed by atoms with Crippen molar-refractivity contribution >= 4 is 11.6 Å². The van der Waals surface area contributed by atoms with E-state index in [0.29, 0.717) is 6.61 Å². The zero-order valence-electron chi connectivity index (χ0n) is 9.81. The van der Waals surface area contributed by atoms with Gasteiger partial charge in [0, 0.05) is 18.1 Å². The van der Waals surface area contributed by atoms with Crippen LogP contribution in [-0.4, -0.2) is 42.4 Å². The molecule has 1 unspecified atom stereocenters. The molecule has 3 nitrogen and oxygen atoms in total. The van der Waals surface area contributed by atoms with Crippen molar-refractivity contribution in [2.45, 2.75) is 18.9 Å². The van der Waals surface area contributed by atoms with Crippen LogP contribution in [0.15, 0.2) is 24.3 Å². The Labute approximate surface area is 107 Å². The highest BCUT2D eigenvalue weighted by Gasteiger charge is 2.16. The zero-order chi connectivity index (χ0) is 12.1. The van der Waals surface area contributed by atoms with Gasteiger partial charge in [0.1, 0.15) is 12.4 Å². The van der Waals surface area contributed by atoms with Crippen LogP contribution >= 0.6 is 11.6 Å². The van der Waals surface area contributed by atoms with Crippen LogP contribution in [0.3, 0.4) is 0 Å². The molecule has 17 heavy (non-hydrogen) atoms. The van der Waals surface area contributed by atoms with Gasteiger partial charge in [0.05, 0.1) is 6.10 Å². The van der Waals surface area contributed by atoms with E-state index in [1.165, 1.54) is 0 Å². The Morgan fingerprint density at radius 1 is 1.35 bits per heavy atom. The number of hydrogen-bond donors (Lipinski definition) is 1. The van der Waals surface area contributed by atoms with Gasteiger partial charge in [-0.3, -0.25) is 4.90 Å². The van der Waals surface area contributed by atoms with E-state index in [1.54, 1.807) is 0 Å². The lowest BCUT2D eigenvalue weighted by atomic mass is 10.1. The molecule has 1 aromatic carbocycles. The van der Waals surface area contributed by atoms with Gasteiger partial charge in [0.15, 0.2) is 0 Å². The topological polar surface area (TPSA) is 32.7 Å². The lowest BCUT2D eigenvalue weighted by molar-refractivity contribution is 0.0633. The summed E-state index contributed by atoms with van der Waals surface area (Å²) in [5, 5.41) is 10.2. The molecule has 0 aromatic heterocycles. The average Bonchev–Trinajstić information content (AvgIpc) is 2.32. The number of aliphatic hydroxyl groups is 1. The quantitative estimate of drug-likeness (QED) is 0.895. The summed E-state index contributed by atoms with van der Waals surface area (Å²) in [5.74, 6) is 0.840. The summed E-state index contributed by atoms with van der Waals surface area (Å²) in [4.78, 5) is 2.24. The molecular formula is C13H18ClNO2. The highest BCUT2D eigenvalue weighted by molar-refractivity contribution is 6.30. The molecule has 1 aliphatic rings. The minimum absolute atomic E-state index is 0.167. The van der Waals surface area contributed by atoms with Crippen LogP contribution in [0.1, 0.15) is 12.8 Å². The molecule has 1 atom stereocenters. The Morgan fingerprint density at radius 2 is 2.12 bits per heavy atom. The molecule has 1 aliphatic heterocycles. The van der Waals surface area contributed by atoms with Crippen molar-refractivity contribution in [1.29, 1.82) is 0 Å². The highest BCUT2D eigenvalue weighted by atomic mass is 35.5. The number of hydrogen-bond acceptors (Lipinski definition) is 3. The molecule has 1 saturated heterocycles. The number of ether oxygens (including phenoxy) is 1. The molecule has 0 saturated carbocycles. The normalized spacial score (nSPS) is 21.4. The number of piperidine rings is 1. The average molecular weight is 256 g/mol. The summed E-state index contributed by atoms with van der Waals surface area (Å²) in [6, 6.07) is 7.38. The van der Waals surface area contributed by atoms with Gasteiger partial charge in [-0.25, -0.2) is 0 Å². The van der Waals surface area contributed by atoms with Crippen molar-refractivity contribution in [3.8, 4) is 5.75 Å². The maximum absolute atomic E-state index is 9.53. The molecule has 2 rings (SSSR count). The van der Waals surface area contributed by atoms with Crippen molar-refractivity contribution < 1.29 is 9.84 Å². The molecule has 0 spiro atoms. The Kier molecular flexibility index (Phi) is 4.66. The summed E-state index contributed by atoms with van der Waals surface area (Å²) in [6.07, 6.45) is 1.83. The predicted molar refractivity (Wildman–Crippen MR) is 68.6 cm³/mol. The van der Waals surface area contributed by atoms with Crippen molar-refractivity contribution in [2.75, 3.05) is 26.2 Å². The first-order chi connectivity index (χ1) is 8.24. The number of benzene rings is 1. The summed E-state index contributed by atoms with van der Waals surface area (Å²) in [6.45, 7) is 3.33. The van der Waals surface area contributed by atoms with Gasteiger partial charge in [-0.15, -0.1) is 0 Å². The number of β-amino-alcohol motifs (C(OH)–C–C–N with tert-alkyl or cyclic N) is 1. The Morgan fingerprint density at radius 3 is 2.82 bits per heavy atom. The summed E-state index contributed by atoms with van der Waals surface area (Å²) in [7, 11) is 0. The van der Waals surface area contributed by atoms with E-state index in [2.05, 4.69) is 4.90 Å². The van der Waals surface area contributed by atoms with E-state index >= 15 is 0 Å². The number of nitrogens with zero attached hydrogens (tertiary/aromatic N) is 1. The largest absolute Gasteiger partial charge is 0.492 e. The smallest absolute Gasteiger partial charge is 0.119 e. The van der Waals surface area contributed by atoms with E-state index < -0.39 is 0 Å². The molecule has 0 radical (unpaired) electrons. The molecule has 0 aliphatic carbocycles. The van der Waals surface area contributed by atoms with Crippen LogP contribution in [0.4, 0.5) is 0 Å². The van der Waals surface area contributed by atoms with Gasteiger partial charge in [-0.05, 0) is 43.7 Å². The fourth-order valence-electron chi connectivity index (χ4n) is 2.06. The van der Waals surface area contributed by atoms with Gasteiger partial charge < -0.3 is 9.84 Å². The van der Waals surface area contributed by atoms with Gasteiger partial charge in [-0.1, -0.05) is 11.6 Å². The van der Waals surface area contributed by atoms with E-state index in [4.69, 9.17) is 16.3 Å². The van der Waals surface area contributed by atoms with Crippen LogP contribution in [0.25, 0.3) is 0 Å². The standard InChI is InChI=1S/C13H18ClNO2/c14-11-3-5-13(6-4-11)17-9-8-15-7-1-2-12(16)10-15/h3-6,12,16H,1-2,7-10H2. The first-order valence-corrected chi connectivity index (χ1v) is 6.40. The Balaban J connectivity index is 1.70. The summed E-state index contributed by atoms with van der Waals surface area (Å²) in [5.41, 5.74) is 0. The van der Waals surface area contributed by atoms with E-state index in [0.717, 1.165) is 43.2 Å².